The quantitative estimate of drug-likeness (QED) is 0.134. The summed E-state index contributed by atoms with van der Waals surface area (Å²) in [6.07, 6.45) is 11.7. The molecule has 3 rings (SSSR count). The average molecular weight is 515 g/mol. The Kier molecular flexibility index (Phi) is 12.0. The third-order valence-electron chi connectivity index (χ3n) is 7.34. The molecule has 1 aromatic rings. The van der Waals surface area contributed by atoms with Crippen molar-refractivity contribution in [2.75, 3.05) is 13.2 Å². The first-order chi connectivity index (χ1) is 17.9. The monoisotopic (exact) mass is 514 g/mol. The van der Waals surface area contributed by atoms with Gasteiger partial charge in [0.15, 0.2) is 0 Å². The number of esters is 3. The molecule has 2 fully saturated rings. The summed E-state index contributed by atoms with van der Waals surface area (Å²) in [4.78, 5) is 36.1. The second-order valence-electron chi connectivity index (χ2n) is 10.4. The van der Waals surface area contributed by atoms with Gasteiger partial charge in [-0.25, -0.2) is 9.59 Å². The molecule has 0 N–H and O–H groups in total. The summed E-state index contributed by atoms with van der Waals surface area (Å²) in [5.41, 5.74) is 0.495. The van der Waals surface area contributed by atoms with Gasteiger partial charge >= 0.3 is 17.9 Å². The van der Waals surface area contributed by atoms with Crippen LogP contribution in [0.1, 0.15) is 94.3 Å². The van der Waals surface area contributed by atoms with E-state index >= 15 is 0 Å². The van der Waals surface area contributed by atoms with E-state index in [0.29, 0.717) is 50.2 Å². The van der Waals surface area contributed by atoms with Crippen molar-refractivity contribution in [1.29, 1.82) is 0 Å². The number of unbranched alkanes of at least 4 members (excludes halogenated alkanes) is 3. The van der Waals surface area contributed by atoms with Crippen LogP contribution >= 0.6 is 0 Å². The highest BCUT2D eigenvalue weighted by Crippen LogP contribution is 2.31. The van der Waals surface area contributed by atoms with Crippen molar-refractivity contribution in [3.05, 3.63) is 42.5 Å². The second kappa shape index (κ2) is 15.4. The van der Waals surface area contributed by atoms with Gasteiger partial charge < -0.3 is 18.9 Å². The molecular formula is C30H42O7. The van der Waals surface area contributed by atoms with E-state index in [1.165, 1.54) is 6.08 Å². The van der Waals surface area contributed by atoms with Gasteiger partial charge in [0.2, 0.25) is 0 Å². The minimum atomic E-state index is -0.385. The molecule has 0 aliphatic heterocycles. The molecule has 0 radical (unpaired) electrons. The number of benzene rings is 1. The van der Waals surface area contributed by atoms with E-state index in [-0.39, 0.29) is 36.0 Å². The predicted octanol–water partition coefficient (Wildman–Crippen LogP) is 6.19. The molecule has 37 heavy (non-hydrogen) atoms. The van der Waals surface area contributed by atoms with Crippen LogP contribution in [0.3, 0.4) is 0 Å². The molecule has 0 heterocycles. The van der Waals surface area contributed by atoms with Gasteiger partial charge in [-0.05, 0) is 107 Å². The molecule has 0 spiro atoms. The maximum Gasteiger partial charge on any atom is 0.338 e. The Bertz CT molecular complexity index is 862. The summed E-state index contributed by atoms with van der Waals surface area (Å²) in [5, 5.41) is 0. The minimum Gasteiger partial charge on any atom is -0.494 e. The number of hydrogen-bond acceptors (Lipinski definition) is 7. The molecule has 7 nitrogen and oxygen atoms in total. The van der Waals surface area contributed by atoms with Crippen LogP contribution in [-0.4, -0.2) is 43.3 Å². The maximum absolute atomic E-state index is 12.6. The van der Waals surface area contributed by atoms with Crippen LogP contribution in [0.15, 0.2) is 36.9 Å². The van der Waals surface area contributed by atoms with Crippen molar-refractivity contribution in [2.45, 2.75) is 96.2 Å². The molecule has 0 saturated heterocycles. The van der Waals surface area contributed by atoms with Crippen LogP contribution in [0, 0.1) is 11.8 Å². The van der Waals surface area contributed by atoms with Gasteiger partial charge in [0.25, 0.3) is 0 Å². The van der Waals surface area contributed by atoms with Gasteiger partial charge in [-0.3, -0.25) is 4.79 Å². The van der Waals surface area contributed by atoms with Crippen LogP contribution in [0.2, 0.25) is 0 Å². The average Bonchev–Trinajstić information content (AvgIpc) is 2.92. The smallest absolute Gasteiger partial charge is 0.338 e. The van der Waals surface area contributed by atoms with E-state index in [2.05, 4.69) is 13.5 Å². The SMILES string of the molecule is C=CC(=O)OCCCCCCOc1ccc(C(=O)OC2CCC(C(=O)OC3CCC(C)CC3)CC2)cc1. The molecule has 2 aliphatic rings. The van der Waals surface area contributed by atoms with Crippen molar-refractivity contribution < 1.29 is 33.3 Å². The lowest BCUT2D eigenvalue weighted by atomic mass is 9.86. The molecule has 7 heteroatoms. The first-order valence-electron chi connectivity index (χ1n) is 13.9. The lowest BCUT2D eigenvalue weighted by molar-refractivity contribution is -0.157. The van der Waals surface area contributed by atoms with Crippen LogP contribution in [0.25, 0.3) is 0 Å². The van der Waals surface area contributed by atoms with Crippen molar-refractivity contribution >= 4 is 17.9 Å². The fourth-order valence-electron chi connectivity index (χ4n) is 4.91. The van der Waals surface area contributed by atoms with Crippen molar-refractivity contribution in [3.8, 4) is 5.75 Å². The van der Waals surface area contributed by atoms with E-state index in [1.807, 2.05) is 0 Å². The summed E-state index contributed by atoms with van der Waals surface area (Å²) in [5.74, 6) is 0.557. The van der Waals surface area contributed by atoms with Gasteiger partial charge in [-0.1, -0.05) is 13.5 Å². The summed E-state index contributed by atoms with van der Waals surface area (Å²) in [6.45, 7) is 6.62. The minimum absolute atomic E-state index is 0.0751. The van der Waals surface area contributed by atoms with Crippen molar-refractivity contribution in [3.63, 3.8) is 0 Å². The third-order valence-corrected chi connectivity index (χ3v) is 7.34. The Labute approximate surface area is 220 Å². The van der Waals surface area contributed by atoms with Gasteiger partial charge in [-0.15, -0.1) is 0 Å². The highest BCUT2D eigenvalue weighted by molar-refractivity contribution is 5.89. The van der Waals surface area contributed by atoms with Crippen molar-refractivity contribution in [2.24, 2.45) is 11.8 Å². The van der Waals surface area contributed by atoms with Crippen LogP contribution < -0.4 is 4.74 Å². The molecule has 0 atom stereocenters. The van der Waals surface area contributed by atoms with E-state index in [9.17, 15) is 14.4 Å². The Morgan fingerprint density at radius 1 is 0.811 bits per heavy atom. The Balaban J connectivity index is 1.28. The lowest BCUT2D eigenvalue weighted by Crippen LogP contribution is -2.32. The molecule has 0 unspecified atom stereocenters. The molecule has 0 bridgehead atoms. The van der Waals surface area contributed by atoms with Gasteiger partial charge in [0.1, 0.15) is 18.0 Å². The van der Waals surface area contributed by atoms with E-state index in [0.717, 1.165) is 57.3 Å². The Hall–Kier alpha value is -2.83. The fourth-order valence-corrected chi connectivity index (χ4v) is 4.91. The van der Waals surface area contributed by atoms with Crippen LogP contribution in [0.5, 0.6) is 5.75 Å². The van der Waals surface area contributed by atoms with E-state index < -0.39 is 0 Å². The maximum atomic E-state index is 12.6. The molecule has 2 aliphatic carbocycles. The fraction of sp³-hybridized carbons (Fsp3) is 0.633. The van der Waals surface area contributed by atoms with Crippen molar-refractivity contribution in [1.82, 2.24) is 0 Å². The Morgan fingerprint density at radius 2 is 1.41 bits per heavy atom. The largest absolute Gasteiger partial charge is 0.494 e. The zero-order chi connectivity index (χ0) is 26.5. The van der Waals surface area contributed by atoms with Crippen LogP contribution in [-0.2, 0) is 23.8 Å². The summed E-state index contributed by atoms with van der Waals surface area (Å²) >= 11 is 0. The first kappa shape index (κ1) is 28.7. The third kappa shape index (κ3) is 10.2. The molecule has 0 aromatic heterocycles. The lowest BCUT2D eigenvalue weighted by Gasteiger charge is -2.30. The van der Waals surface area contributed by atoms with Gasteiger partial charge in [0.05, 0.1) is 24.7 Å². The molecular weight excluding hydrogens is 472 g/mol. The molecule has 2 saturated carbocycles. The molecule has 204 valence electrons. The number of ether oxygens (including phenoxy) is 4. The normalized spacial score (nSPS) is 23.5. The standard InChI is InChI=1S/C30H42O7/c1-3-28(31)35-21-7-5-4-6-20-34-25-16-10-23(11-17-25)29(32)37-27-18-12-24(13-19-27)30(33)36-26-14-8-22(2)9-15-26/h3,10-11,16-17,22,24,26-27H,1,4-9,12-15,18-21H2,2H3. The van der Waals surface area contributed by atoms with E-state index in [4.69, 9.17) is 18.9 Å². The summed E-state index contributed by atoms with van der Waals surface area (Å²) in [7, 11) is 0. The first-order valence-corrected chi connectivity index (χ1v) is 13.9. The highest BCUT2D eigenvalue weighted by atomic mass is 16.6. The van der Waals surface area contributed by atoms with E-state index in [1.54, 1.807) is 24.3 Å². The number of hydrogen-bond donors (Lipinski definition) is 0. The molecule has 1 aromatic carbocycles. The highest BCUT2D eigenvalue weighted by Gasteiger charge is 2.31. The second-order valence-corrected chi connectivity index (χ2v) is 10.4. The molecule has 0 amide bonds. The van der Waals surface area contributed by atoms with Gasteiger partial charge in [0, 0.05) is 6.08 Å². The summed E-state index contributed by atoms with van der Waals surface area (Å²) < 4.78 is 22.2. The summed E-state index contributed by atoms with van der Waals surface area (Å²) in [6, 6.07) is 7.01. The zero-order valence-electron chi connectivity index (χ0n) is 22.2. The van der Waals surface area contributed by atoms with Crippen LogP contribution in [0.4, 0.5) is 0 Å². The Morgan fingerprint density at radius 3 is 2.05 bits per heavy atom. The predicted molar refractivity (Wildman–Crippen MR) is 140 cm³/mol. The number of carbonyl (C=O) groups excluding carboxylic acids is 3. The number of rotatable bonds is 13. The topological polar surface area (TPSA) is 88.1 Å². The number of carbonyl (C=O) groups is 3. The zero-order valence-corrected chi connectivity index (χ0v) is 22.2. The van der Waals surface area contributed by atoms with Gasteiger partial charge in [-0.2, -0.15) is 0 Å².